The lowest BCUT2D eigenvalue weighted by atomic mass is 9.90. The van der Waals surface area contributed by atoms with Gasteiger partial charge in [0.15, 0.2) is 0 Å². The molecule has 4 heteroatoms. The van der Waals surface area contributed by atoms with Gasteiger partial charge in [0.05, 0.1) is 0 Å². The zero-order chi connectivity index (χ0) is 9.57. The van der Waals surface area contributed by atoms with E-state index in [-0.39, 0.29) is 4.75 Å². The van der Waals surface area contributed by atoms with Gasteiger partial charge in [-0.3, -0.25) is 0 Å². The summed E-state index contributed by atoms with van der Waals surface area (Å²) in [6.45, 7) is 0. The summed E-state index contributed by atoms with van der Waals surface area (Å²) >= 11 is 2.66. The molecule has 0 aromatic carbocycles. The lowest BCUT2D eigenvalue weighted by molar-refractivity contribution is 0.428. The van der Waals surface area contributed by atoms with E-state index >= 15 is 0 Å². The number of thioether (sulfide) groups is 2. The summed E-state index contributed by atoms with van der Waals surface area (Å²) in [6, 6.07) is 0. The molecule has 0 radical (unpaired) electrons. The highest BCUT2D eigenvalue weighted by Crippen LogP contribution is 2.41. The molecule has 0 N–H and O–H groups in total. The van der Waals surface area contributed by atoms with E-state index in [4.69, 9.17) is 10.5 Å². The summed E-state index contributed by atoms with van der Waals surface area (Å²) in [7, 11) is 0. The Labute approximate surface area is 87.7 Å². The van der Waals surface area contributed by atoms with E-state index in [2.05, 4.69) is 10.8 Å². The molecule has 0 aromatic heterocycles. The lowest BCUT2D eigenvalue weighted by Gasteiger charge is -2.32. The van der Waals surface area contributed by atoms with Gasteiger partial charge in [-0.25, -0.2) is 0 Å². The van der Waals surface area contributed by atoms with E-state index in [9.17, 15) is 0 Å². The minimum Gasteiger partial charge on any atom is -0.185 e. The molecule has 1 aliphatic carbocycles. The van der Waals surface area contributed by atoms with Gasteiger partial charge in [0.1, 0.15) is 10.8 Å². The highest BCUT2D eigenvalue weighted by Gasteiger charge is 2.32. The van der Waals surface area contributed by atoms with Crippen molar-refractivity contribution in [2.45, 2.75) is 36.9 Å². The van der Waals surface area contributed by atoms with E-state index in [0.29, 0.717) is 0 Å². The van der Waals surface area contributed by atoms with E-state index in [1.165, 1.54) is 42.8 Å². The van der Waals surface area contributed by atoms with Crippen molar-refractivity contribution in [3.8, 4) is 10.8 Å². The largest absolute Gasteiger partial charge is 0.185 e. The van der Waals surface area contributed by atoms with Crippen LogP contribution in [0.5, 0.6) is 0 Å². The molecular weight excluding hydrogens is 200 g/mol. The van der Waals surface area contributed by atoms with E-state index < -0.39 is 0 Å². The molecule has 13 heavy (non-hydrogen) atoms. The molecule has 70 valence electrons. The van der Waals surface area contributed by atoms with Crippen molar-refractivity contribution in [1.82, 2.24) is 0 Å². The summed E-state index contributed by atoms with van der Waals surface area (Å²) in [5, 5.41) is 21.5. The van der Waals surface area contributed by atoms with Crippen molar-refractivity contribution >= 4 is 23.5 Å². The quantitative estimate of drug-likeness (QED) is 0.674. The van der Waals surface area contributed by atoms with Crippen molar-refractivity contribution in [3.05, 3.63) is 0 Å². The fourth-order valence-electron chi connectivity index (χ4n) is 1.73. The first-order valence-corrected chi connectivity index (χ1v) is 6.21. The Kier molecular flexibility index (Phi) is 4.48. The van der Waals surface area contributed by atoms with Crippen molar-refractivity contribution in [1.29, 1.82) is 10.5 Å². The highest BCUT2D eigenvalue weighted by molar-refractivity contribution is 8.08. The Morgan fingerprint density at radius 2 is 1.77 bits per heavy atom. The second-order valence-electron chi connectivity index (χ2n) is 3.32. The van der Waals surface area contributed by atoms with Crippen LogP contribution in [-0.2, 0) is 0 Å². The van der Waals surface area contributed by atoms with Gasteiger partial charge < -0.3 is 0 Å². The van der Waals surface area contributed by atoms with Crippen LogP contribution in [-0.4, -0.2) is 10.5 Å². The van der Waals surface area contributed by atoms with Crippen LogP contribution in [0.1, 0.15) is 32.1 Å². The maximum atomic E-state index is 8.70. The molecule has 0 amide bonds. The third-order valence-electron chi connectivity index (χ3n) is 2.43. The van der Waals surface area contributed by atoms with Crippen LogP contribution in [0.15, 0.2) is 0 Å². The predicted octanol–water partition coefficient (Wildman–Crippen LogP) is 3.12. The molecule has 1 saturated carbocycles. The molecule has 0 atom stereocenters. The molecule has 1 aliphatic rings. The van der Waals surface area contributed by atoms with Gasteiger partial charge in [0.25, 0.3) is 0 Å². The van der Waals surface area contributed by atoms with Crippen LogP contribution in [0.2, 0.25) is 0 Å². The van der Waals surface area contributed by atoms with Crippen molar-refractivity contribution in [2.75, 3.05) is 5.75 Å². The van der Waals surface area contributed by atoms with Crippen LogP contribution < -0.4 is 0 Å². The van der Waals surface area contributed by atoms with Gasteiger partial charge >= 0.3 is 0 Å². The molecule has 0 bridgehead atoms. The molecule has 1 fully saturated rings. The second-order valence-corrected chi connectivity index (χ2v) is 5.33. The molecule has 0 unspecified atom stereocenters. The van der Waals surface area contributed by atoms with Gasteiger partial charge in [0, 0.05) is 10.5 Å². The summed E-state index contributed by atoms with van der Waals surface area (Å²) < 4.78 is 0.0768. The van der Waals surface area contributed by atoms with Crippen LogP contribution in [0.25, 0.3) is 0 Å². The molecule has 0 spiro atoms. The first-order valence-electron chi connectivity index (χ1n) is 4.41. The number of rotatable bonds is 3. The van der Waals surface area contributed by atoms with Gasteiger partial charge in [-0.1, -0.05) is 19.3 Å². The summed E-state index contributed by atoms with van der Waals surface area (Å²) in [6.07, 6.45) is 5.89. The van der Waals surface area contributed by atoms with Gasteiger partial charge in [-0.15, -0.1) is 0 Å². The lowest BCUT2D eigenvalue weighted by Crippen LogP contribution is -2.30. The Morgan fingerprint density at radius 3 is 2.31 bits per heavy atom. The third kappa shape index (κ3) is 3.14. The molecule has 0 aromatic rings. The maximum Gasteiger partial charge on any atom is 0.133 e. The number of hydrogen-bond donors (Lipinski definition) is 0. The molecule has 1 rings (SSSR count). The average molecular weight is 212 g/mol. The van der Waals surface area contributed by atoms with E-state index in [1.54, 1.807) is 0 Å². The standard InChI is InChI=1S/C9H12N2S2/c10-7-12-6-9(13-8-11)4-2-1-3-5-9/h1-6H2. The number of nitrogens with zero attached hydrogens (tertiary/aromatic N) is 2. The van der Waals surface area contributed by atoms with Gasteiger partial charge in [0.2, 0.25) is 0 Å². The Morgan fingerprint density at radius 1 is 1.08 bits per heavy atom. The average Bonchev–Trinajstić information content (AvgIpc) is 2.17. The van der Waals surface area contributed by atoms with Crippen LogP contribution >= 0.6 is 23.5 Å². The molecule has 0 saturated heterocycles. The number of nitriles is 2. The summed E-state index contributed by atoms with van der Waals surface area (Å²) in [5.41, 5.74) is 0. The van der Waals surface area contributed by atoms with Crippen molar-refractivity contribution in [3.63, 3.8) is 0 Å². The summed E-state index contributed by atoms with van der Waals surface area (Å²) in [5.74, 6) is 0.807. The fraction of sp³-hybridized carbons (Fsp3) is 0.778. The van der Waals surface area contributed by atoms with E-state index in [1.807, 2.05) is 0 Å². The monoisotopic (exact) mass is 212 g/mol. The summed E-state index contributed by atoms with van der Waals surface area (Å²) in [4.78, 5) is 0. The molecule has 2 nitrogen and oxygen atoms in total. The Balaban J connectivity index is 2.52. The number of thiocyanates is 2. The topological polar surface area (TPSA) is 47.6 Å². The van der Waals surface area contributed by atoms with Crippen molar-refractivity contribution in [2.24, 2.45) is 0 Å². The Hall–Kier alpha value is -0.320. The van der Waals surface area contributed by atoms with Gasteiger partial charge in [-0.2, -0.15) is 10.5 Å². The molecule has 0 aliphatic heterocycles. The van der Waals surface area contributed by atoms with Crippen molar-refractivity contribution < 1.29 is 0 Å². The van der Waals surface area contributed by atoms with E-state index in [0.717, 1.165) is 18.6 Å². The minimum atomic E-state index is 0.0768. The maximum absolute atomic E-state index is 8.70. The zero-order valence-corrected chi connectivity index (χ0v) is 9.09. The van der Waals surface area contributed by atoms with Crippen LogP contribution in [0, 0.1) is 21.3 Å². The highest BCUT2D eigenvalue weighted by atomic mass is 32.2. The van der Waals surface area contributed by atoms with Gasteiger partial charge in [-0.05, 0) is 36.4 Å². The van der Waals surface area contributed by atoms with Crippen LogP contribution in [0.3, 0.4) is 0 Å². The Bertz CT molecular complexity index is 233. The van der Waals surface area contributed by atoms with Crippen LogP contribution in [0.4, 0.5) is 0 Å². The zero-order valence-electron chi connectivity index (χ0n) is 7.45. The normalized spacial score (nSPS) is 20.2. The smallest absolute Gasteiger partial charge is 0.133 e. The first kappa shape index (κ1) is 10.8. The second kappa shape index (κ2) is 5.42. The third-order valence-corrected chi connectivity index (χ3v) is 4.51. The predicted molar refractivity (Wildman–Crippen MR) is 57.1 cm³/mol. The SMILES string of the molecule is N#CSCC1(SC#N)CCCCC1. The minimum absolute atomic E-state index is 0.0768. The molecular formula is C9H12N2S2. The fourth-order valence-corrected chi connectivity index (χ4v) is 3.45. The first-order chi connectivity index (χ1) is 6.33. The number of hydrogen-bond acceptors (Lipinski definition) is 4. The molecule has 0 heterocycles.